The summed E-state index contributed by atoms with van der Waals surface area (Å²) in [6.45, 7) is 3.07. The molecule has 26 heavy (non-hydrogen) atoms. The minimum atomic E-state index is -0.0194. The van der Waals surface area contributed by atoms with E-state index in [2.05, 4.69) is 0 Å². The van der Waals surface area contributed by atoms with Crippen molar-refractivity contribution in [2.24, 2.45) is 0 Å². The Labute approximate surface area is 158 Å². The molecule has 0 bridgehead atoms. The number of hydrogen-bond donors (Lipinski definition) is 0. The largest absolute Gasteiger partial charge is 0.494 e. The molecule has 1 saturated heterocycles. The smallest absolute Gasteiger partial charge is 0.234 e. The summed E-state index contributed by atoms with van der Waals surface area (Å²) >= 11 is 1.64. The van der Waals surface area contributed by atoms with Crippen LogP contribution in [0.15, 0.2) is 42.5 Å². The number of benzene rings is 2. The van der Waals surface area contributed by atoms with Crippen LogP contribution in [-0.2, 0) is 11.3 Å². The van der Waals surface area contributed by atoms with E-state index in [-0.39, 0.29) is 11.3 Å². The molecule has 1 aliphatic heterocycles. The van der Waals surface area contributed by atoms with Crippen LogP contribution in [0.5, 0.6) is 17.2 Å². The van der Waals surface area contributed by atoms with Crippen molar-refractivity contribution in [3.8, 4) is 17.2 Å². The molecule has 0 saturated carbocycles. The summed E-state index contributed by atoms with van der Waals surface area (Å²) in [5.74, 6) is 2.78. The molecule has 1 heterocycles. The Hall–Kier alpha value is -2.34. The summed E-state index contributed by atoms with van der Waals surface area (Å²) in [6, 6.07) is 13.7. The highest BCUT2D eigenvalue weighted by atomic mass is 32.2. The van der Waals surface area contributed by atoms with Crippen LogP contribution in [0.4, 0.5) is 0 Å². The Morgan fingerprint density at radius 2 is 1.88 bits per heavy atom. The third kappa shape index (κ3) is 3.75. The zero-order chi connectivity index (χ0) is 18.5. The molecular formula is C20H23NO4S. The van der Waals surface area contributed by atoms with Crippen molar-refractivity contribution in [3.05, 3.63) is 53.6 Å². The molecule has 6 heteroatoms. The Morgan fingerprint density at radius 3 is 2.54 bits per heavy atom. The number of thioether (sulfide) groups is 1. The van der Waals surface area contributed by atoms with Gasteiger partial charge in [-0.25, -0.2) is 0 Å². The first-order valence-corrected chi connectivity index (χ1v) is 9.56. The predicted molar refractivity (Wildman–Crippen MR) is 103 cm³/mol. The molecule has 138 valence electrons. The van der Waals surface area contributed by atoms with E-state index in [4.69, 9.17) is 14.2 Å². The van der Waals surface area contributed by atoms with Gasteiger partial charge in [-0.05, 0) is 30.7 Å². The number of amides is 1. The predicted octanol–water partition coefficient (Wildman–Crippen LogP) is 3.88. The van der Waals surface area contributed by atoms with Crippen molar-refractivity contribution in [3.63, 3.8) is 0 Å². The van der Waals surface area contributed by atoms with Gasteiger partial charge < -0.3 is 19.1 Å². The summed E-state index contributed by atoms with van der Waals surface area (Å²) in [5.41, 5.74) is 2.02. The fraction of sp³-hybridized carbons (Fsp3) is 0.350. The quantitative estimate of drug-likeness (QED) is 0.737. The van der Waals surface area contributed by atoms with Crippen LogP contribution in [0, 0.1) is 0 Å². The number of para-hydroxylation sites is 1. The monoisotopic (exact) mass is 373 g/mol. The van der Waals surface area contributed by atoms with Gasteiger partial charge in [0.15, 0.2) is 11.5 Å². The third-order valence-corrected chi connectivity index (χ3v) is 5.53. The van der Waals surface area contributed by atoms with Crippen molar-refractivity contribution >= 4 is 17.7 Å². The zero-order valence-electron chi connectivity index (χ0n) is 15.2. The number of rotatable bonds is 7. The second-order valence-corrected chi connectivity index (χ2v) is 6.91. The van der Waals surface area contributed by atoms with Gasteiger partial charge in [-0.1, -0.05) is 24.3 Å². The van der Waals surface area contributed by atoms with Gasteiger partial charge in [0.1, 0.15) is 11.1 Å². The fourth-order valence-electron chi connectivity index (χ4n) is 3.06. The van der Waals surface area contributed by atoms with E-state index < -0.39 is 0 Å². The highest BCUT2D eigenvalue weighted by Crippen LogP contribution is 2.41. The molecule has 0 aromatic heterocycles. The molecule has 1 aliphatic rings. The molecule has 0 spiro atoms. The Bertz CT molecular complexity index is 763. The van der Waals surface area contributed by atoms with Crippen LogP contribution in [0.3, 0.4) is 0 Å². The normalized spacial score (nSPS) is 16.7. The van der Waals surface area contributed by atoms with Gasteiger partial charge in [0.05, 0.1) is 33.1 Å². The van der Waals surface area contributed by atoms with Gasteiger partial charge in [-0.3, -0.25) is 4.79 Å². The van der Waals surface area contributed by atoms with Gasteiger partial charge in [0, 0.05) is 5.56 Å². The molecule has 5 nitrogen and oxygen atoms in total. The number of carbonyl (C=O) groups excluding carboxylic acids is 1. The molecule has 2 aromatic carbocycles. The van der Waals surface area contributed by atoms with Crippen molar-refractivity contribution in [2.45, 2.75) is 18.8 Å². The number of methoxy groups -OCH3 is 2. The Kier molecular flexibility index (Phi) is 5.93. The van der Waals surface area contributed by atoms with Crippen LogP contribution in [0.2, 0.25) is 0 Å². The maximum absolute atomic E-state index is 12.5. The van der Waals surface area contributed by atoms with E-state index in [9.17, 15) is 4.79 Å². The van der Waals surface area contributed by atoms with Crippen molar-refractivity contribution in [1.29, 1.82) is 0 Å². The number of ether oxygens (including phenoxy) is 3. The molecule has 0 radical (unpaired) electrons. The van der Waals surface area contributed by atoms with Crippen LogP contribution in [0.25, 0.3) is 0 Å². The Morgan fingerprint density at radius 1 is 1.12 bits per heavy atom. The first-order chi connectivity index (χ1) is 12.7. The van der Waals surface area contributed by atoms with Crippen LogP contribution in [0.1, 0.15) is 23.4 Å². The van der Waals surface area contributed by atoms with Gasteiger partial charge in [0.25, 0.3) is 0 Å². The summed E-state index contributed by atoms with van der Waals surface area (Å²) in [6.07, 6.45) is 0. The van der Waals surface area contributed by atoms with E-state index in [0.29, 0.717) is 30.4 Å². The maximum Gasteiger partial charge on any atom is 0.234 e. The molecule has 1 atom stereocenters. The lowest BCUT2D eigenvalue weighted by Gasteiger charge is -2.25. The van der Waals surface area contributed by atoms with Crippen molar-refractivity contribution in [2.75, 3.05) is 26.6 Å². The van der Waals surface area contributed by atoms with E-state index in [1.54, 1.807) is 26.0 Å². The van der Waals surface area contributed by atoms with Gasteiger partial charge in [-0.2, -0.15) is 0 Å². The van der Waals surface area contributed by atoms with Gasteiger partial charge >= 0.3 is 0 Å². The van der Waals surface area contributed by atoms with Crippen LogP contribution in [-0.4, -0.2) is 37.4 Å². The minimum Gasteiger partial charge on any atom is -0.494 e. The lowest BCUT2D eigenvalue weighted by atomic mass is 10.1. The molecule has 0 aliphatic carbocycles. The van der Waals surface area contributed by atoms with Gasteiger partial charge in [-0.15, -0.1) is 11.8 Å². The summed E-state index contributed by atoms with van der Waals surface area (Å²) in [5, 5.41) is -0.0194. The second kappa shape index (κ2) is 8.36. The van der Waals surface area contributed by atoms with E-state index in [1.807, 2.05) is 54.3 Å². The average Bonchev–Trinajstić information content (AvgIpc) is 3.03. The molecule has 1 fully saturated rings. The second-order valence-electron chi connectivity index (χ2n) is 5.84. The van der Waals surface area contributed by atoms with Crippen molar-refractivity contribution in [1.82, 2.24) is 4.90 Å². The number of nitrogens with zero attached hydrogens (tertiary/aromatic N) is 1. The first kappa shape index (κ1) is 18.5. The average molecular weight is 373 g/mol. The lowest BCUT2D eigenvalue weighted by molar-refractivity contribution is -0.128. The zero-order valence-corrected chi connectivity index (χ0v) is 16.0. The molecule has 1 amide bonds. The molecular weight excluding hydrogens is 350 g/mol. The SMILES string of the molecule is CCOc1ccc(C2SCC(=O)N2Cc2cccc(OC)c2OC)cc1. The highest BCUT2D eigenvalue weighted by Gasteiger charge is 2.33. The van der Waals surface area contributed by atoms with Crippen LogP contribution >= 0.6 is 11.8 Å². The summed E-state index contributed by atoms with van der Waals surface area (Å²) in [4.78, 5) is 14.4. The topological polar surface area (TPSA) is 48.0 Å². The number of hydrogen-bond acceptors (Lipinski definition) is 5. The number of carbonyl (C=O) groups is 1. The van der Waals surface area contributed by atoms with Crippen LogP contribution < -0.4 is 14.2 Å². The molecule has 0 N–H and O–H groups in total. The molecule has 2 aromatic rings. The summed E-state index contributed by atoms with van der Waals surface area (Å²) in [7, 11) is 3.23. The van der Waals surface area contributed by atoms with E-state index in [0.717, 1.165) is 16.9 Å². The lowest BCUT2D eigenvalue weighted by Crippen LogP contribution is -2.27. The Balaban J connectivity index is 1.85. The maximum atomic E-state index is 12.5. The van der Waals surface area contributed by atoms with E-state index in [1.165, 1.54) is 0 Å². The fourth-order valence-corrected chi connectivity index (χ4v) is 4.25. The van der Waals surface area contributed by atoms with Crippen molar-refractivity contribution < 1.29 is 19.0 Å². The molecule has 1 unspecified atom stereocenters. The minimum absolute atomic E-state index is 0.0194. The molecule has 3 rings (SSSR count). The highest BCUT2D eigenvalue weighted by molar-refractivity contribution is 8.00. The summed E-state index contributed by atoms with van der Waals surface area (Å²) < 4.78 is 16.4. The first-order valence-electron chi connectivity index (χ1n) is 8.51. The standard InChI is InChI=1S/C20H23NO4S/c1-4-25-16-10-8-14(9-11-16)20-21(18(22)13-26-20)12-15-6-5-7-17(23-2)19(15)24-3/h5-11,20H,4,12-13H2,1-3H3. The third-order valence-electron chi connectivity index (χ3n) is 4.27. The van der Waals surface area contributed by atoms with Gasteiger partial charge in [0.2, 0.25) is 5.91 Å². The van der Waals surface area contributed by atoms with E-state index >= 15 is 0 Å².